The first-order chi connectivity index (χ1) is 9.34. The van der Waals surface area contributed by atoms with Crippen molar-refractivity contribution in [2.45, 2.75) is 32.8 Å². The van der Waals surface area contributed by atoms with Crippen LogP contribution in [0.2, 0.25) is 0 Å². The number of hydrogen-bond donors (Lipinski definition) is 2. The number of nitrogens with one attached hydrogen (secondary N) is 1. The molecule has 0 aliphatic heterocycles. The van der Waals surface area contributed by atoms with E-state index >= 15 is 0 Å². The van der Waals surface area contributed by atoms with Crippen molar-refractivity contribution in [3.63, 3.8) is 0 Å². The van der Waals surface area contributed by atoms with E-state index in [9.17, 15) is 5.11 Å². The van der Waals surface area contributed by atoms with Gasteiger partial charge in [-0.05, 0) is 26.3 Å². The maximum Gasteiger partial charge on any atom is 0.225 e. The van der Waals surface area contributed by atoms with Crippen molar-refractivity contribution in [2.75, 3.05) is 30.9 Å². The second-order valence-electron chi connectivity index (χ2n) is 5.57. The van der Waals surface area contributed by atoms with Crippen molar-refractivity contribution in [3.05, 3.63) is 10.9 Å². The number of likely N-dealkylation sites (N-methyl/N-ethyl adjacent to an activating group) is 1. The third-order valence-corrected chi connectivity index (χ3v) is 4.15. The number of anilines is 2. The number of aliphatic hydroxyl groups is 1. The number of fused-ring (bicyclic) bond motifs is 1. The highest BCUT2D eigenvalue weighted by Crippen LogP contribution is 2.32. The monoisotopic (exact) mass is 294 g/mol. The van der Waals surface area contributed by atoms with Gasteiger partial charge in [0, 0.05) is 25.5 Å². The quantitative estimate of drug-likeness (QED) is 0.887. The fourth-order valence-electron chi connectivity index (χ4n) is 2.19. The summed E-state index contributed by atoms with van der Waals surface area (Å²) in [6.45, 7) is 6.24. The van der Waals surface area contributed by atoms with Gasteiger partial charge in [0.25, 0.3) is 0 Å². The summed E-state index contributed by atoms with van der Waals surface area (Å²) in [6.07, 6.45) is 0.991. The molecular weight excluding hydrogens is 272 g/mol. The van der Waals surface area contributed by atoms with Crippen molar-refractivity contribution >= 4 is 33.3 Å². The summed E-state index contributed by atoms with van der Waals surface area (Å²) in [4.78, 5) is 13.3. The van der Waals surface area contributed by atoms with E-state index in [2.05, 4.69) is 28.3 Å². The molecule has 2 aromatic rings. The van der Waals surface area contributed by atoms with Crippen LogP contribution in [0.25, 0.3) is 10.2 Å². The van der Waals surface area contributed by atoms with E-state index < -0.39 is 5.60 Å². The predicted molar refractivity (Wildman–Crippen MR) is 85.9 cm³/mol. The van der Waals surface area contributed by atoms with Gasteiger partial charge in [-0.1, -0.05) is 6.92 Å². The van der Waals surface area contributed by atoms with Gasteiger partial charge in [0.2, 0.25) is 5.95 Å². The predicted octanol–water partition coefficient (Wildman–Crippen LogP) is 2.50. The molecule has 0 aromatic carbocycles. The third kappa shape index (κ3) is 3.19. The van der Waals surface area contributed by atoms with Gasteiger partial charge in [0.1, 0.15) is 10.6 Å². The molecule has 0 saturated heterocycles. The standard InChI is InChI=1S/C14H22N4OS/c1-6-9-7-10-11(18(5)8-14(2,3)19)16-13(15-4)17-12(10)20-9/h7,19H,6,8H2,1-5H3,(H,15,16,17). The van der Waals surface area contributed by atoms with Crippen LogP contribution in [0.1, 0.15) is 25.6 Å². The first kappa shape index (κ1) is 15.0. The Morgan fingerprint density at radius 3 is 2.65 bits per heavy atom. The Morgan fingerprint density at radius 2 is 2.10 bits per heavy atom. The largest absolute Gasteiger partial charge is 0.389 e. The summed E-state index contributed by atoms with van der Waals surface area (Å²) < 4.78 is 0. The molecule has 0 bridgehead atoms. The Kier molecular flexibility index (Phi) is 4.15. The molecule has 0 spiro atoms. The zero-order chi connectivity index (χ0) is 14.9. The Hall–Kier alpha value is -1.40. The van der Waals surface area contributed by atoms with Gasteiger partial charge in [0.05, 0.1) is 11.0 Å². The van der Waals surface area contributed by atoms with Gasteiger partial charge in [-0.25, -0.2) is 4.98 Å². The molecule has 0 unspecified atom stereocenters. The summed E-state index contributed by atoms with van der Waals surface area (Å²) in [5.41, 5.74) is -0.768. The SMILES string of the molecule is CCc1cc2c(N(C)CC(C)(C)O)nc(NC)nc2s1. The van der Waals surface area contributed by atoms with Crippen molar-refractivity contribution in [2.24, 2.45) is 0 Å². The normalized spacial score (nSPS) is 11.9. The van der Waals surface area contributed by atoms with E-state index in [1.54, 1.807) is 25.2 Å². The van der Waals surface area contributed by atoms with E-state index in [0.717, 1.165) is 22.5 Å². The Morgan fingerprint density at radius 1 is 1.40 bits per heavy atom. The fraction of sp³-hybridized carbons (Fsp3) is 0.571. The summed E-state index contributed by atoms with van der Waals surface area (Å²) in [7, 11) is 3.76. The highest BCUT2D eigenvalue weighted by atomic mass is 32.1. The zero-order valence-electron chi connectivity index (χ0n) is 12.7. The minimum Gasteiger partial charge on any atom is -0.389 e. The van der Waals surface area contributed by atoms with Crippen LogP contribution >= 0.6 is 11.3 Å². The highest BCUT2D eigenvalue weighted by Gasteiger charge is 2.20. The zero-order valence-corrected chi connectivity index (χ0v) is 13.5. The highest BCUT2D eigenvalue weighted by molar-refractivity contribution is 7.18. The molecule has 0 fully saturated rings. The molecule has 2 heterocycles. The summed E-state index contributed by atoms with van der Waals surface area (Å²) >= 11 is 1.70. The van der Waals surface area contributed by atoms with Crippen LogP contribution in [0.5, 0.6) is 0 Å². The van der Waals surface area contributed by atoms with E-state index in [1.165, 1.54) is 4.88 Å². The molecule has 2 N–H and O–H groups in total. The van der Waals surface area contributed by atoms with Crippen LogP contribution in [-0.4, -0.2) is 41.3 Å². The van der Waals surface area contributed by atoms with Crippen molar-refractivity contribution in [3.8, 4) is 0 Å². The maximum absolute atomic E-state index is 10.0. The van der Waals surface area contributed by atoms with Crippen LogP contribution in [0, 0.1) is 0 Å². The number of nitrogens with zero attached hydrogens (tertiary/aromatic N) is 3. The molecule has 0 atom stereocenters. The van der Waals surface area contributed by atoms with Crippen molar-refractivity contribution < 1.29 is 5.11 Å². The van der Waals surface area contributed by atoms with Crippen LogP contribution < -0.4 is 10.2 Å². The summed E-state index contributed by atoms with van der Waals surface area (Å²) in [5, 5.41) is 14.1. The van der Waals surface area contributed by atoms with Crippen LogP contribution in [0.15, 0.2) is 6.07 Å². The van der Waals surface area contributed by atoms with Crippen LogP contribution in [-0.2, 0) is 6.42 Å². The number of aromatic nitrogens is 2. The average Bonchev–Trinajstić information content (AvgIpc) is 2.77. The molecule has 6 heteroatoms. The molecule has 2 aromatic heterocycles. The fourth-order valence-corrected chi connectivity index (χ4v) is 3.15. The van der Waals surface area contributed by atoms with E-state index in [4.69, 9.17) is 0 Å². The second kappa shape index (κ2) is 5.54. The lowest BCUT2D eigenvalue weighted by Crippen LogP contribution is -2.36. The topological polar surface area (TPSA) is 61.3 Å². The van der Waals surface area contributed by atoms with E-state index in [0.29, 0.717) is 12.5 Å². The Bertz CT molecular complexity index is 603. The third-order valence-electron chi connectivity index (χ3n) is 2.98. The molecule has 0 aliphatic rings. The van der Waals surface area contributed by atoms with Crippen molar-refractivity contribution in [1.29, 1.82) is 0 Å². The molecule has 2 rings (SSSR count). The number of rotatable bonds is 5. The van der Waals surface area contributed by atoms with Gasteiger partial charge >= 0.3 is 0 Å². The molecule has 0 aliphatic carbocycles. The van der Waals surface area contributed by atoms with E-state index in [-0.39, 0.29) is 0 Å². The molecule has 0 radical (unpaired) electrons. The van der Waals surface area contributed by atoms with Crippen molar-refractivity contribution in [1.82, 2.24) is 9.97 Å². The molecular formula is C14H22N4OS. The number of hydrogen-bond acceptors (Lipinski definition) is 6. The van der Waals surface area contributed by atoms with Crippen LogP contribution in [0.4, 0.5) is 11.8 Å². The van der Waals surface area contributed by atoms with Gasteiger partial charge in [0.15, 0.2) is 0 Å². The molecule has 110 valence electrons. The summed E-state index contributed by atoms with van der Waals surface area (Å²) in [6, 6.07) is 2.15. The van der Waals surface area contributed by atoms with Gasteiger partial charge in [-0.3, -0.25) is 0 Å². The number of aryl methyl sites for hydroxylation is 1. The van der Waals surface area contributed by atoms with Gasteiger partial charge in [-0.2, -0.15) is 4.98 Å². The number of thiophene rings is 1. The first-order valence-electron chi connectivity index (χ1n) is 6.75. The Labute approximate surface area is 123 Å². The second-order valence-corrected chi connectivity index (χ2v) is 6.69. The molecule has 20 heavy (non-hydrogen) atoms. The minimum absolute atomic E-state index is 0.513. The minimum atomic E-state index is -0.768. The molecule has 0 saturated carbocycles. The van der Waals surface area contributed by atoms with E-state index in [1.807, 2.05) is 19.0 Å². The lowest BCUT2D eigenvalue weighted by atomic mass is 10.1. The lowest BCUT2D eigenvalue weighted by Gasteiger charge is -2.27. The maximum atomic E-state index is 10.0. The average molecular weight is 294 g/mol. The lowest BCUT2D eigenvalue weighted by molar-refractivity contribution is 0.0885. The smallest absolute Gasteiger partial charge is 0.225 e. The Balaban J connectivity index is 2.51. The molecule has 0 amide bonds. The van der Waals surface area contributed by atoms with Crippen LogP contribution in [0.3, 0.4) is 0 Å². The van der Waals surface area contributed by atoms with Gasteiger partial charge < -0.3 is 15.3 Å². The summed E-state index contributed by atoms with van der Waals surface area (Å²) in [5.74, 6) is 1.47. The first-order valence-corrected chi connectivity index (χ1v) is 7.57. The van der Waals surface area contributed by atoms with Gasteiger partial charge in [-0.15, -0.1) is 11.3 Å². The molecule has 5 nitrogen and oxygen atoms in total.